The van der Waals surface area contributed by atoms with E-state index in [1.54, 1.807) is 12.4 Å². The Morgan fingerprint density at radius 1 is 1.08 bits per heavy atom. The highest BCUT2D eigenvalue weighted by molar-refractivity contribution is 5.99. The third-order valence-electron chi connectivity index (χ3n) is 6.81. The van der Waals surface area contributed by atoms with Crippen LogP contribution in [0.5, 0.6) is 5.75 Å². The smallest absolute Gasteiger partial charge is 0.439 e. The number of aromatic nitrogens is 5. The molecule has 0 radical (unpaired) electrons. The normalized spacial score (nSPS) is 13.8. The second-order valence-electron chi connectivity index (χ2n) is 9.38. The molecule has 0 saturated heterocycles. The van der Waals surface area contributed by atoms with Crippen LogP contribution in [0.3, 0.4) is 0 Å². The van der Waals surface area contributed by atoms with Crippen LogP contribution in [0.4, 0.5) is 0 Å². The summed E-state index contributed by atoms with van der Waals surface area (Å²) in [6, 6.07) is 18.4. The lowest BCUT2D eigenvalue weighted by molar-refractivity contribution is 0.307. The van der Waals surface area contributed by atoms with E-state index in [1.807, 2.05) is 43.3 Å². The minimum Gasteiger partial charge on any atom is -0.488 e. The molecule has 0 fully saturated rings. The van der Waals surface area contributed by atoms with E-state index in [1.165, 1.54) is 0 Å². The number of benzene rings is 2. The molecule has 0 atom stereocenters. The molecule has 4 heterocycles. The summed E-state index contributed by atoms with van der Waals surface area (Å²) in [5.74, 6) is 1.67. The molecule has 0 aliphatic carbocycles. The first kappa shape index (κ1) is 23.7. The van der Waals surface area contributed by atoms with Gasteiger partial charge in [0.05, 0.1) is 5.69 Å². The molecule has 0 bridgehead atoms. The molecule has 5 aromatic rings. The van der Waals surface area contributed by atoms with Crippen molar-refractivity contribution in [2.24, 2.45) is 0 Å². The van der Waals surface area contributed by atoms with E-state index in [0.29, 0.717) is 19.0 Å². The highest BCUT2D eigenvalue weighted by Crippen LogP contribution is 2.40. The van der Waals surface area contributed by atoms with Gasteiger partial charge in [0, 0.05) is 48.3 Å². The van der Waals surface area contributed by atoms with Gasteiger partial charge in [0.2, 0.25) is 0 Å². The number of nitrogens with zero attached hydrogens (tertiary/aromatic N) is 4. The van der Waals surface area contributed by atoms with Crippen LogP contribution in [0, 0.1) is 0 Å². The maximum absolute atomic E-state index is 11.7. The SMILES string of the molecule is CCCc1nc(-c2ccncc2)cn1Cc1ccc2c(c1)COc1ccccc1C2=C(C)c1noc(=O)[nH]1. The van der Waals surface area contributed by atoms with Crippen LogP contribution in [0.25, 0.3) is 22.4 Å². The van der Waals surface area contributed by atoms with Crippen molar-refractivity contribution in [2.45, 2.75) is 39.8 Å². The Balaban J connectivity index is 1.42. The lowest BCUT2D eigenvalue weighted by Crippen LogP contribution is -2.06. The highest BCUT2D eigenvalue weighted by Gasteiger charge is 2.23. The lowest BCUT2D eigenvalue weighted by Gasteiger charge is -2.15. The van der Waals surface area contributed by atoms with Crippen molar-refractivity contribution in [3.8, 4) is 17.0 Å². The van der Waals surface area contributed by atoms with Crippen LogP contribution in [-0.2, 0) is 19.6 Å². The predicted molar refractivity (Wildman–Crippen MR) is 144 cm³/mol. The number of para-hydroxylation sites is 1. The van der Waals surface area contributed by atoms with E-state index >= 15 is 0 Å². The molecular weight excluding hydrogens is 478 g/mol. The number of H-pyrrole nitrogens is 1. The molecule has 1 aliphatic rings. The third kappa shape index (κ3) is 4.45. The molecule has 3 aromatic heterocycles. The van der Waals surface area contributed by atoms with Crippen molar-refractivity contribution in [3.63, 3.8) is 0 Å². The summed E-state index contributed by atoms with van der Waals surface area (Å²) in [5, 5.41) is 3.94. The minimum atomic E-state index is -0.581. The van der Waals surface area contributed by atoms with Gasteiger partial charge in [-0.2, -0.15) is 0 Å². The number of allylic oxidation sites excluding steroid dienone is 1. The molecule has 0 spiro atoms. The molecular formula is C30H27N5O3. The topological polar surface area (TPSA) is 98.8 Å². The van der Waals surface area contributed by atoms with Crippen molar-refractivity contribution in [2.75, 3.05) is 0 Å². The minimum absolute atomic E-state index is 0.406. The molecule has 1 N–H and O–H groups in total. The van der Waals surface area contributed by atoms with Gasteiger partial charge in [-0.25, -0.2) is 9.78 Å². The van der Waals surface area contributed by atoms with Crippen LogP contribution in [0.15, 0.2) is 82.5 Å². The van der Waals surface area contributed by atoms with Crippen molar-refractivity contribution >= 4 is 11.1 Å². The molecule has 190 valence electrons. The highest BCUT2D eigenvalue weighted by atomic mass is 16.5. The van der Waals surface area contributed by atoms with Crippen LogP contribution >= 0.6 is 0 Å². The Bertz CT molecular complexity index is 1690. The molecule has 0 amide bonds. The zero-order chi connectivity index (χ0) is 26.1. The van der Waals surface area contributed by atoms with Crippen molar-refractivity contribution < 1.29 is 9.26 Å². The largest absolute Gasteiger partial charge is 0.488 e. The van der Waals surface area contributed by atoms with E-state index in [4.69, 9.17) is 14.2 Å². The van der Waals surface area contributed by atoms with E-state index in [0.717, 1.165) is 69.1 Å². The Morgan fingerprint density at radius 3 is 2.71 bits per heavy atom. The number of aryl methyl sites for hydroxylation is 1. The zero-order valence-corrected chi connectivity index (χ0v) is 21.3. The first-order valence-corrected chi connectivity index (χ1v) is 12.7. The van der Waals surface area contributed by atoms with Gasteiger partial charge in [-0.15, -0.1) is 0 Å². The molecule has 1 aliphatic heterocycles. The summed E-state index contributed by atoms with van der Waals surface area (Å²) in [5.41, 5.74) is 7.97. The average Bonchev–Trinajstić information content (AvgIpc) is 3.51. The molecule has 2 aromatic carbocycles. The molecule has 6 rings (SSSR count). The summed E-state index contributed by atoms with van der Waals surface area (Å²) in [6.07, 6.45) is 7.62. The number of hydrogen-bond donors (Lipinski definition) is 1. The molecule has 0 unspecified atom stereocenters. The van der Waals surface area contributed by atoms with Crippen LogP contribution in [0.1, 0.15) is 54.2 Å². The number of pyridine rings is 1. The number of fused-ring (bicyclic) bond motifs is 2. The van der Waals surface area contributed by atoms with Gasteiger partial charge in [-0.3, -0.25) is 14.5 Å². The van der Waals surface area contributed by atoms with Gasteiger partial charge < -0.3 is 9.30 Å². The quantitative estimate of drug-likeness (QED) is 0.327. The van der Waals surface area contributed by atoms with Crippen LogP contribution in [-0.4, -0.2) is 24.7 Å². The van der Waals surface area contributed by atoms with Crippen molar-refractivity contribution in [1.29, 1.82) is 0 Å². The third-order valence-corrected chi connectivity index (χ3v) is 6.81. The standard InChI is InChI=1S/C30H27N5O3/c1-3-6-27-32-25(21-11-13-31-14-12-21)17-35(27)16-20-9-10-23-22(15-20)18-37-26-8-5-4-7-24(26)28(23)19(2)29-33-30(36)38-34-29/h4-5,7-15,17H,3,6,16,18H2,1-2H3,(H,33,34,36). The summed E-state index contributed by atoms with van der Waals surface area (Å²) in [4.78, 5) is 23.4. The Morgan fingerprint density at radius 2 is 1.92 bits per heavy atom. The summed E-state index contributed by atoms with van der Waals surface area (Å²) < 4.78 is 13.3. The summed E-state index contributed by atoms with van der Waals surface area (Å²) >= 11 is 0. The number of rotatable bonds is 6. The van der Waals surface area contributed by atoms with Crippen LogP contribution in [0.2, 0.25) is 0 Å². The van der Waals surface area contributed by atoms with E-state index in [9.17, 15) is 4.79 Å². The van der Waals surface area contributed by atoms with Crippen LogP contribution < -0.4 is 10.5 Å². The second kappa shape index (κ2) is 9.97. The average molecular weight is 506 g/mol. The van der Waals surface area contributed by atoms with Gasteiger partial charge in [-0.1, -0.05) is 42.4 Å². The molecule has 8 nitrogen and oxygen atoms in total. The maximum atomic E-state index is 11.7. The summed E-state index contributed by atoms with van der Waals surface area (Å²) in [7, 11) is 0. The Kier molecular flexibility index (Phi) is 6.21. The maximum Gasteiger partial charge on any atom is 0.439 e. The predicted octanol–water partition coefficient (Wildman–Crippen LogP) is 5.49. The van der Waals surface area contributed by atoms with Crippen molar-refractivity contribution in [3.05, 3.63) is 118 Å². The Labute approximate surface area is 219 Å². The fourth-order valence-corrected chi connectivity index (χ4v) is 5.00. The lowest BCUT2D eigenvalue weighted by atomic mass is 9.89. The van der Waals surface area contributed by atoms with E-state index < -0.39 is 5.76 Å². The number of ether oxygens (including phenoxy) is 1. The van der Waals surface area contributed by atoms with Gasteiger partial charge in [0.1, 0.15) is 18.2 Å². The number of aromatic amines is 1. The van der Waals surface area contributed by atoms with Gasteiger partial charge in [-0.05, 0) is 59.9 Å². The fraction of sp³-hybridized carbons (Fsp3) is 0.200. The fourth-order valence-electron chi connectivity index (χ4n) is 5.00. The van der Waals surface area contributed by atoms with Crippen molar-refractivity contribution in [1.82, 2.24) is 24.7 Å². The Hall–Kier alpha value is -4.72. The monoisotopic (exact) mass is 505 g/mol. The van der Waals surface area contributed by atoms with E-state index in [2.05, 4.69) is 51.0 Å². The number of nitrogens with one attached hydrogen (secondary N) is 1. The molecule has 8 heteroatoms. The summed E-state index contributed by atoms with van der Waals surface area (Å²) in [6.45, 7) is 5.23. The van der Waals surface area contributed by atoms with E-state index in [-0.39, 0.29) is 0 Å². The molecule has 38 heavy (non-hydrogen) atoms. The zero-order valence-electron chi connectivity index (χ0n) is 21.3. The number of hydrogen-bond acceptors (Lipinski definition) is 6. The molecule has 0 saturated carbocycles. The first-order chi connectivity index (χ1) is 18.6. The van der Waals surface area contributed by atoms with Gasteiger partial charge in [0.25, 0.3) is 0 Å². The first-order valence-electron chi connectivity index (χ1n) is 12.7. The second-order valence-corrected chi connectivity index (χ2v) is 9.38. The van der Waals surface area contributed by atoms with Gasteiger partial charge >= 0.3 is 5.76 Å². The van der Waals surface area contributed by atoms with Gasteiger partial charge in [0.15, 0.2) is 5.82 Å². The number of imidazole rings is 1.